The van der Waals surface area contributed by atoms with Crippen LogP contribution in [0.2, 0.25) is 5.02 Å². The SMILES string of the molecule is COC(=O)CC(NC(=O)c1cc(C)on1)c1ccc(Cl)cc1. The lowest BCUT2D eigenvalue weighted by molar-refractivity contribution is -0.141. The van der Waals surface area contributed by atoms with Gasteiger partial charge in [-0.2, -0.15) is 0 Å². The van der Waals surface area contributed by atoms with Gasteiger partial charge in [-0.3, -0.25) is 9.59 Å². The molecule has 7 heteroatoms. The first-order valence-electron chi connectivity index (χ1n) is 6.56. The van der Waals surface area contributed by atoms with Crippen LogP contribution in [0.1, 0.15) is 34.3 Å². The minimum absolute atomic E-state index is 0.000700. The summed E-state index contributed by atoms with van der Waals surface area (Å²) >= 11 is 5.85. The molecule has 0 aliphatic carbocycles. The molecule has 2 rings (SSSR count). The number of nitrogens with one attached hydrogen (secondary N) is 1. The van der Waals surface area contributed by atoms with Crippen molar-refractivity contribution in [3.05, 3.63) is 52.4 Å². The van der Waals surface area contributed by atoms with Crippen LogP contribution in [0.3, 0.4) is 0 Å². The Hall–Kier alpha value is -2.34. The fraction of sp³-hybridized carbons (Fsp3) is 0.267. The van der Waals surface area contributed by atoms with Crippen molar-refractivity contribution < 1.29 is 18.8 Å². The van der Waals surface area contributed by atoms with Gasteiger partial charge in [0.05, 0.1) is 19.6 Å². The molecular weight excluding hydrogens is 308 g/mol. The Morgan fingerprint density at radius 1 is 1.36 bits per heavy atom. The van der Waals surface area contributed by atoms with E-state index in [1.807, 2.05) is 0 Å². The third-order valence-electron chi connectivity index (χ3n) is 3.04. The van der Waals surface area contributed by atoms with E-state index in [4.69, 9.17) is 16.1 Å². The fourth-order valence-corrected chi connectivity index (χ4v) is 2.03. The van der Waals surface area contributed by atoms with E-state index in [2.05, 4.69) is 15.2 Å². The number of hydrogen-bond donors (Lipinski definition) is 1. The van der Waals surface area contributed by atoms with Crippen LogP contribution in [0, 0.1) is 6.92 Å². The lowest BCUT2D eigenvalue weighted by Crippen LogP contribution is -2.30. The van der Waals surface area contributed by atoms with Crippen LogP contribution < -0.4 is 5.32 Å². The molecule has 2 aromatic rings. The molecule has 1 amide bonds. The van der Waals surface area contributed by atoms with Crippen LogP contribution in [0.4, 0.5) is 0 Å². The largest absolute Gasteiger partial charge is 0.469 e. The second-order valence-corrected chi connectivity index (χ2v) is 5.12. The molecular formula is C15H15ClN2O4. The van der Waals surface area contributed by atoms with Crippen molar-refractivity contribution in [2.45, 2.75) is 19.4 Å². The average molecular weight is 323 g/mol. The number of esters is 1. The number of methoxy groups -OCH3 is 1. The molecule has 0 radical (unpaired) electrons. The quantitative estimate of drug-likeness (QED) is 0.856. The number of nitrogens with zero attached hydrogens (tertiary/aromatic N) is 1. The first-order chi connectivity index (χ1) is 10.5. The van der Waals surface area contributed by atoms with E-state index in [0.29, 0.717) is 10.8 Å². The summed E-state index contributed by atoms with van der Waals surface area (Å²) in [7, 11) is 1.30. The Balaban J connectivity index is 2.18. The molecule has 22 heavy (non-hydrogen) atoms. The monoisotopic (exact) mass is 322 g/mol. The highest BCUT2D eigenvalue weighted by molar-refractivity contribution is 6.30. The van der Waals surface area contributed by atoms with Crippen LogP contribution in [0.5, 0.6) is 0 Å². The predicted octanol–water partition coefficient (Wildman–Crippen LogP) is 2.67. The molecule has 0 saturated heterocycles. The molecule has 116 valence electrons. The molecule has 0 aliphatic heterocycles. The predicted molar refractivity (Wildman–Crippen MR) is 79.5 cm³/mol. The number of carbonyl (C=O) groups excluding carboxylic acids is 2. The standard InChI is InChI=1S/C15H15ClN2O4/c1-9-7-13(18-22-9)15(20)17-12(8-14(19)21-2)10-3-5-11(16)6-4-10/h3-7,12H,8H2,1-2H3,(H,17,20). The highest BCUT2D eigenvalue weighted by Crippen LogP contribution is 2.20. The van der Waals surface area contributed by atoms with Gasteiger partial charge in [-0.05, 0) is 24.6 Å². The first-order valence-corrected chi connectivity index (χ1v) is 6.94. The normalized spacial score (nSPS) is 11.8. The lowest BCUT2D eigenvalue weighted by atomic mass is 10.0. The number of halogens is 1. The van der Waals surface area contributed by atoms with Gasteiger partial charge >= 0.3 is 5.97 Å². The van der Waals surface area contributed by atoms with Crippen molar-refractivity contribution in [3.8, 4) is 0 Å². The van der Waals surface area contributed by atoms with Gasteiger partial charge in [0.25, 0.3) is 5.91 Å². The first kappa shape index (κ1) is 16.0. The van der Waals surface area contributed by atoms with E-state index in [1.165, 1.54) is 13.2 Å². The number of carbonyl (C=O) groups is 2. The summed E-state index contributed by atoms with van der Waals surface area (Å²) in [5.41, 5.74) is 0.893. The summed E-state index contributed by atoms with van der Waals surface area (Å²) in [5.74, 6) is -0.335. The molecule has 1 aromatic carbocycles. The Morgan fingerprint density at radius 2 is 2.05 bits per heavy atom. The third kappa shape index (κ3) is 4.08. The summed E-state index contributed by atoms with van der Waals surface area (Å²) in [6, 6.07) is 7.83. The van der Waals surface area contributed by atoms with E-state index in [1.54, 1.807) is 31.2 Å². The van der Waals surface area contributed by atoms with Crippen LogP contribution in [0.15, 0.2) is 34.9 Å². The maximum Gasteiger partial charge on any atom is 0.307 e. The summed E-state index contributed by atoms with van der Waals surface area (Å²) in [6.45, 7) is 1.69. The summed E-state index contributed by atoms with van der Waals surface area (Å²) < 4.78 is 9.54. The van der Waals surface area contributed by atoms with E-state index in [0.717, 1.165) is 5.56 Å². The Labute approximate surface area is 132 Å². The molecule has 1 N–H and O–H groups in total. The van der Waals surface area contributed by atoms with Gasteiger partial charge in [-0.1, -0.05) is 28.9 Å². The van der Waals surface area contributed by atoms with Gasteiger partial charge in [0.2, 0.25) is 0 Å². The van der Waals surface area contributed by atoms with Crippen LogP contribution in [0.25, 0.3) is 0 Å². The zero-order chi connectivity index (χ0) is 16.1. The lowest BCUT2D eigenvalue weighted by Gasteiger charge is -2.17. The molecule has 0 aliphatic rings. The number of hydrogen-bond acceptors (Lipinski definition) is 5. The number of amides is 1. The number of aromatic nitrogens is 1. The summed E-state index contributed by atoms with van der Waals surface area (Å²) in [5, 5.41) is 6.96. The van der Waals surface area contributed by atoms with Gasteiger partial charge in [-0.25, -0.2) is 0 Å². The van der Waals surface area contributed by atoms with Crippen molar-refractivity contribution in [2.75, 3.05) is 7.11 Å². The minimum atomic E-state index is -0.547. The van der Waals surface area contributed by atoms with E-state index >= 15 is 0 Å². The summed E-state index contributed by atoms with van der Waals surface area (Å²) in [4.78, 5) is 23.7. The highest BCUT2D eigenvalue weighted by Gasteiger charge is 2.21. The fourth-order valence-electron chi connectivity index (χ4n) is 1.90. The Morgan fingerprint density at radius 3 is 2.59 bits per heavy atom. The number of ether oxygens (including phenoxy) is 1. The second-order valence-electron chi connectivity index (χ2n) is 4.68. The molecule has 6 nitrogen and oxygen atoms in total. The molecule has 0 saturated carbocycles. The zero-order valence-electron chi connectivity index (χ0n) is 12.1. The van der Waals surface area contributed by atoms with Gasteiger partial charge in [0.1, 0.15) is 5.76 Å². The van der Waals surface area contributed by atoms with Crippen molar-refractivity contribution in [3.63, 3.8) is 0 Å². The highest BCUT2D eigenvalue weighted by atomic mass is 35.5. The molecule has 0 fully saturated rings. The Bertz CT molecular complexity index is 666. The topological polar surface area (TPSA) is 81.4 Å². The molecule has 0 spiro atoms. The molecule has 0 bridgehead atoms. The van der Waals surface area contributed by atoms with Gasteiger partial charge < -0.3 is 14.6 Å². The number of aryl methyl sites for hydroxylation is 1. The van der Waals surface area contributed by atoms with E-state index in [9.17, 15) is 9.59 Å². The van der Waals surface area contributed by atoms with E-state index < -0.39 is 17.9 Å². The zero-order valence-corrected chi connectivity index (χ0v) is 12.9. The van der Waals surface area contributed by atoms with Gasteiger partial charge in [0.15, 0.2) is 5.69 Å². The Kier molecular flexibility index (Phi) is 5.16. The average Bonchev–Trinajstić information content (AvgIpc) is 2.94. The second kappa shape index (κ2) is 7.09. The van der Waals surface area contributed by atoms with Crippen LogP contribution in [-0.4, -0.2) is 24.1 Å². The summed E-state index contributed by atoms with van der Waals surface area (Å²) in [6.07, 6.45) is 0.000700. The maximum atomic E-state index is 12.2. The molecule has 1 atom stereocenters. The minimum Gasteiger partial charge on any atom is -0.469 e. The maximum absolute atomic E-state index is 12.2. The van der Waals surface area contributed by atoms with Crippen molar-refractivity contribution in [2.24, 2.45) is 0 Å². The smallest absolute Gasteiger partial charge is 0.307 e. The number of rotatable bonds is 5. The molecule has 1 unspecified atom stereocenters. The van der Waals surface area contributed by atoms with Gasteiger partial charge in [-0.15, -0.1) is 0 Å². The molecule has 1 aromatic heterocycles. The van der Waals surface area contributed by atoms with Gasteiger partial charge in [0, 0.05) is 11.1 Å². The molecule has 1 heterocycles. The van der Waals surface area contributed by atoms with Crippen molar-refractivity contribution in [1.82, 2.24) is 10.5 Å². The number of benzene rings is 1. The van der Waals surface area contributed by atoms with Crippen LogP contribution >= 0.6 is 11.6 Å². The van der Waals surface area contributed by atoms with Crippen molar-refractivity contribution >= 4 is 23.5 Å². The third-order valence-corrected chi connectivity index (χ3v) is 3.29. The van der Waals surface area contributed by atoms with Crippen LogP contribution in [-0.2, 0) is 9.53 Å². The van der Waals surface area contributed by atoms with Crippen molar-refractivity contribution in [1.29, 1.82) is 0 Å². The van der Waals surface area contributed by atoms with E-state index in [-0.39, 0.29) is 12.1 Å².